The van der Waals surface area contributed by atoms with Gasteiger partial charge >= 0.3 is 0 Å². The molecule has 2 amide bonds. The van der Waals surface area contributed by atoms with E-state index in [1.807, 2.05) is 11.8 Å². The molecule has 0 aliphatic carbocycles. The van der Waals surface area contributed by atoms with Crippen molar-refractivity contribution in [3.8, 4) is 0 Å². The molecule has 0 radical (unpaired) electrons. The Bertz CT molecular complexity index is 374. The zero-order valence-corrected chi connectivity index (χ0v) is 11.7. The molecule has 108 valence electrons. The van der Waals surface area contributed by atoms with Gasteiger partial charge in [0.05, 0.1) is 18.6 Å². The predicted molar refractivity (Wildman–Crippen MR) is 70.4 cm³/mol. The van der Waals surface area contributed by atoms with E-state index in [2.05, 4.69) is 0 Å². The van der Waals surface area contributed by atoms with Gasteiger partial charge in [0.15, 0.2) is 0 Å². The van der Waals surface area contributed by atoms with Gasteiger partial charge in [-0.3, -0.25) is 9.59 Å². The Morgan fingerprint density at radius 3 is 2.42 bits per heavy atom. The van der Waals surface area contributed by atoms with Crippen molar-refractivity contribution < 1.29 is 14.3 Å². The van der Waals surface area contributed by atoms with Crippen LogP contribution in [-0.2, 0) is 14.3 Å². The van der Waals surface area contributed by atoms with Crippen LogP contribution in [0.5, 0.6) is 0 Å². The van der Waals surface area contributed by atoms with Crippen molar-refractivity contribution in [2.24, 2.45) is 11.1 Å². The third kappa shape index (κ3) is 2.74. The van der Waals surface area contributed by atoms with E-state index >= 15 is 0 Å². The molecule has 0 aromatic rings. The van der Waals surface area contributed by atoms with Gasteiger partial charge in [-0.25, -0.2) is 0 Å². The highest BCUT2D eigenvalue weighted by Gasteiger charge is 2.46. The summed E-state index contributed by atoms with van der Waals surface area (Å²) in [4.78, 5) is 27.6. The Morgan fingerprint density at radius 1 is 1.21 bits per heavy atom. The summed E-state index contributed by atoms with van der Waals surface area (Å²) in [6, 6.07) is -0.243. The van der Waals surface area contributed by atoms with Gasteiger partial charge in [-0.15, -0.1) is 0 Å². The molecule has 6 heteroatoms. The van der Waals surface area contributed by atoms with Crippen LogP contribution >= 0.6 is 0 Å². The number of hydrogen-bond acceptors (Lipinski definition) is 4. The van der Waals surface area contributed by atoms with E-state index in [0.29, 0.717) is 32.8 Å². The topological polar surface area (TPSA) is 75.9 Å². The number of nitrogens with two attached hydrogens (primary N) is 1. The van der Waals surface area contributed by atoms with E-state index in [0.717, 1.165) is 13.0 Å². The third-order valence-electron chi connectivity index (χ3n) is 4.23. The average Bonchev–Trinajstić information content (AvgIpc) is 2.60. The lowest BCUT2D eigenvalue weighted by atomic mass is 9.84. The number of carbonyl (C=O) groups excluding carboxylic acids is 2. The van der Waals surface area contributed by atoms with Crippen LogP contribution in [0, 0.1) is 5.41 Å². The van der Waals surface area contributed by atoms with Gasteiger partial charge in [0.1, 0.15) is 0 Å². The normalized spacial score (nSPS) is 32.3. The second-order valence-corrected chi connectivity index (χ2v) is 5.69. The lowest BCUT2D eigenvalue weighted by Crippen LogP contribution is -2.52. The van der Waals surface area contributed by atoms with Crippen molar-refractivity contribution in [1.82, 2.24) is 9.80 Å². The van der Waals surface area contributed by atoms with E-state index < -0.39 is 5.41 Å². The first kappa shape index (κ1) is 14.3. The molecule has 2 fully saturated rings. The van der Waals surface area contributed by atoms with Gasteiger partial charge < -0.3 is 20.3 Å². The van der Waals surface area contributed by atoms with Gasteiger partial charge in [0.2, 0.25) is 11.8 Å². The number of hydrogen-bond donors (Lipinski definition) is 1. The monoisotopic (exact) mass is 269 g/mol. The van der Waals surface area contributed by atoms with E-state index in [9.17, 15) is 9.59 Å². The number of rotatable bonds is 1. The Balaban J connectivity index is 2.02. The smallest absolute Gasteiger partial charge is 0.232 e. The Labute approximate surface area is 113 Å². The maximum atomic E-state index is 12.6. The second kappa shape index (κ2) is 5.46. The summed E-state index contributed by atoms with van der Waals surface area (Å²) in [6.07, 6.45) is 0.817. The molecule has 2 heterocycles. The molecule has 0 aromatic heterocycles. The fourth-order valence-corrected chi connectivity index (χ4v) is 2.71. The first-order chi connectivity index (χ1) is 8.95. The lowest BCUT2D eigenvalue weighted by molar-refractivity contribution is -0.142. The molecular weight excluding hydrogens is 246 g/mol. The van der Waals surface area contributed by atoms with Crippen LogP contribution in [0.4, 0.5) is 0 Å². The summed E-state index contributed by atoms with van der Waals surface area (Å²) in [7, 11) is 0. The largest absolute Gasteiger partial charge is 0.379 e. The molecule has 19 heavy (non-hydrogen) atoms. The van der Waals surface area contributed by atoms with Crippen molar-refractivity contribution in [2.45, 2.75) is 26.3 Å². The average molecular weight is 269 g/mol. The first-order valence-corrected chi connectivity index (χ1v) is 6.83. The number of ether oxygens (including phenoxy) is 1. The van der Waals surface area contributed by atoms with Crippen molar-refractivity contribution >= 4 is 11.8 Å². The minimum Gasteiger partial charge on any atom is -0.379 e. The quantitative estimate of drug-likeness (QED) is 0.692. The molecule has 2 rings (SSSR count). The minimum absolute atomic E-state index is 0.0582. The van der Waals surface area contributed by atoms with Crippen LogP contribution in [-0.4, -0.2) is 67.0 Å². The molecule has 2 aliphatic rings. The molecule has 2 saturated heterocycles. The van der Waals surface area contributed by atoms with E-state index in [1.54, 1.807) is 11.8 Å². The van der Waals surface area contributed by atoms with Gasteiger partial charge in [-0.1, -0.05) is 0 Å². The maximum absolute atomic E-state index is 12.6. The molecule has 2 N–H and O–H groups in total. The van der Waals surface area contributed by atoms with Crippen molar-refractivity contribution in [3.63, 3.8) is 0 Å². The Morgan fingerprint density at radius 2 is 1.84 bits per heavy atom. The third-order valence-corrected chi connectivity index (χ3v) is 4.23. The van der Waals surface area contributed by atoms with Crippen LogP contribution in [0.1, 0.15) is 20.3 Å². The van der Waals surface area contributed by atoms with Crippen LogP contribution in [0.25, 0.3) is 0 Å². The van der Waals surface area contributed by atoms with Gasteiger partial charge in [-0.2, -0.15) is 0 Å². The molecule has 2 atom stereocenters. The van der Waals surface area contributed by atoms with E-state index in [4.69, 9.17) is 10.5 Å². The van der Waals surface area contributed by atoms with E-state index in [-0.39, 0.29) is 17.9 Å². The van der Waals surface area contributed by atoms with Gasteiger partial charge in [-0.05, 0) is 13.3 Å². The van der Waals surface area contributed by atoms with Crippen molar-refractivity contribution in [2.75, 3.05) is 39.4 Å². The Kier molecular flexibility index (Phi) is 4.10. The molecule has 2 aliphatic heterocycles. The van der Waals surface area contributed by atoms with Crippen molar-refractivity contribution in [3.05, 3.63) is 0 Å². The molecule has 0 aromatic carbocycles. The van der Waals surface area contributed by atoms with Crippen LogP contribution in [0.2, 0.25) is 0 Å². The molecule has 0 bridgehead atoms. The molecule has 0 spiro atoms. The molecular formula is C13H23N3O3. The number of nitrogens with zero attached hydrogens (tertiary/aromatic N) is 2. The van der Waals surface area contributed by atoms with Crippen LogP contribution in [0.3, 0.4) is 0 Å². The summed E-state index contributed by atoms with van der Waals surface area (Å²) >= 11 is 0. The van der Waals surface area contributed by atoms with Crippen molar-refractivity contribution in [1.29, 1.82) is 0 Å². The molecule has 2 unspecified atom stereocenters. The summed E-state index contributed by atoms with van der Waals surface area (Å²) < 4.78 is 5.34. The fraction of sp³-hybridized carbons (Fsp3) is 0.846. The molecule has 6 nitrogen and oxygen atoms in total. The predicted octanol–water partition coefficient (Wildman–Crippen LogP) is -0.569. The summed E-state index contributed by atoms with van der Waals surface area (Å²) in [5, 5.41) is 0. The highest BCUT2D eigenvalue weighted by molar-refractivity contribution is 5.84. The highest BCUT2D eigenvalue weighted by atomic mass is 16.5. The van der Waals surface area contributed by atoms with Gasteiger partial charge in [0, 0.05) is 39.1 Å². The zero-order valence-electron chi connectivity index (χ0n) is 11.7. The van der Waals surface area contributed by atoms with E-state index in [1.165, 1.54) is 0 Å². The second-order valence-electron chi connectivity index (χ2n) is 5.69. The highest BCUT2D eigenvalue weighted by Crippen LogP contribution is 2.29. The zero-order chi connectivity index (χ0) is 14.0. The van der Waals surface area contributed by atoms with Crippen LogP contribution < -0.4 is 5.73 Å². The SMILES string of the molecule is CC(=O)N1CCCN(C(=O)C2(C)COCC2N)CC1. The number of amides is 2. The standard InChI is InChI=1S/C13H23N3O3/c1-10(17)15-4-3-5-16(7-6-15)12(18)13(2)9-19-8-11(13)14/h11H,3-9,14H2,1-2H3. The summed E-state index contributed by atoms with van der Waals surface area (Å²) in [5.74, 6) is 0.129. The summed E-state index contributed by atoms with van der Waals surface area (Å²) in [6.45, 7) is 6.87. The minimum atomic E-state index is -0.620. The number of carbonyl (C=O) groups is 2. The van der Waals surface area contributed by atoms with Crippen LogP contribution in [0.15, 0.2) is 0 Å². The molecule has 0 saturated carbocycles. The first-order valence-electron chi connectivity index (χ1n) is 6.83. The lowest BCUT2D eigenvalue weighted by Gasteiger charge is -2.32. The summed E-state index contributed by atoms with van der Waals surface area (Å²) in [5.41, 5.74) is 5.38. The Hall–Kier alpha value is -1.14. The maximum Gasteiger partial charge on any atom is 0.232 e. The fourth-order valence-electron chi connectivity index (χ4n) is 2.71. The van der Waals surface area contributed by atoms with Gasteiger partial charge in [0.25, 0.3) is 0 Å².